The Balaban J connectivity index is 2.14. The van der Waals surface area contributed by atoms with E-state index in [1.54, 1.807) is 0 Å². The van der Waals surface area contributed by atoms with Gasteiger partial charge in [0.2, 0.25) is 0 Å². The van der Waals surface area contributed by atoms with E-state index >= 15 is 0 Å². The van der Waals surface area contributed by atoms with Crippen LogP contribution < -0.4 is 0 Å². The highest BCUT2D eigenvalue weighted by molar-refractivity contribution is 5.31. The third kappa shape index (κ3) is 2.13. The zero-order valence-electron chi connectivity index (χ0n) is 9.02. The molecule has 1 aromatic carbocycles. The molecule has 0 aliphatic heterocycles. The molecule has 1 aliphatic rings. The molecule has 0 aromatic heterocycles. The minimum absolute atomic E-state index is 0.269. The number of aliphatic hydroxyl groups is 1. The Labute approximate surface area is 91.4 Å². The molecule has 2 atom stereocenters. The van der Waals surface area contributed by atoms with Crippen LogP contribution in [0.2, 0.25) is 0 Å². The number of hydrogen-bond acceptors (Lipinski definition) is 1. The zero-order chi connectivity index (χ0) is 10.7. The number of aryl methyl sites for hydroxylation is 1. The van der Waals surface area contributed by atoms with Gasteiger partial charge >= 0.3 is 0 Å². The lowest BCUT2D eigenvalue weighted by molar-refractivity contribution is 0.0891. The highest BCUT2D eigenvalue weighted by Gasteiger charge is 2.26. The molecule has 1 aliphatic carbocycles. The van der Waals surface area contributed by atoms with Crippen molar-refractivity contribution in [2.24, 2.45) is 5.92 Å². The average Bonchev–Trinajstić information content (AvgIpc) is 2.29. The predicted octanol–water partition coefficient (Wildman–Crippen LogP) is 3.25. The lowest BCUT2D eigenvalue weighted by Crippen LogP contribution is -2.20. The minimum atomic E-state index is -0.269. The lowest BCUT2D eigenvalue weighted by Gasteiger charge is -2.29. The van der Waals surface area contributed by atoms with E-state index in [1.165, 1.54) is 5.56 Å². The second-order valence-corrected chi connectivity index (χ2v) is 4.31. The van der Waals surface area contributed by atoms with Gasteiger partial charge in [-0.2, -0.15) is 0 Å². The first kappa shape index (κ1) is 10.4. The Morgan fingerprint density at radius 3 is 3.00 bits per heavy atom. The molecule has 1 N–H and O–H groups in total. The van der Waals surface area contributed by atoms with Crippen LogP contribution in [0.5, 0.6) is 0 Å². The van der Waals surface area contributed by atoms with Gasteiger partial charge in [0.1, 0.15) is 0 Å². The fourth-order valence-corrected chi connectivity index (χ4v) is 2.44. The van der Waals surface area contributed by atoms with Crippen LogP contribution in [0.15, 0.2) is 36.9 Å². The molecule has 0 bridgehead atoms. The number of aliphatic hydroxyl groups excluding tert-OH is 1. The Bertz CT molecular complexity index is 343. The molecule has 80 valence electrons. The summed E-state index contributed by atoms with van der Waals surface area (Å²) in [5, 5.41) is 10.2. The number of benzene rings is 1. The highest BCUT2D eigenvalue weighted by atomic mass is 16.3. The topological polar surface area (TPSA) is 20.2 Å². The monoisotopic (exact) mass is 202 g/mol. The second kappa shape index (κ2) is 4.63. The Kier molecular flexibility index (Phi) is 3.22. The minimum Gasteiger partial charge on any atom is -0.388 e. The summed E-state index contributed by atoms with van der Waals surface area (Å²) < 4.78 is 0. The molecular formula is C14H18O. The van der Waals surface area contributed by atoms with Crippen LogP contribution in [0.25, 0.3) is 0 Å². The summed E-state index contributed by atoms with van der Waals surface area (Å²) in [5.41, 5.74) is 2.46. The van der Waals surface area contributed by atoms with E-state index in [2.05, 4.69) is 24.8 Å². The second-order valence-electron chi connectivity index (χ2n) is 4.31. The molecule has 1 aromatic rings. The normalized spacial score (nSPS) is 24.6. The van der Waals surface area contributed by atoms with Gasteiger partial charge in [0.05, 0.1) is 6.10 Å². The number of allylic oxidation sites excluding steroid dienone is 1. The van der Waals surface area contributed by atoms with Crippen molar-refractivity contribution in [3.8, 4) is 0 Å². The highest BCUT2D eigenvalue weighted by Crippen LogP contribution is 2.36. The molecule has 1 heteroatoms. The summed E-state index contributed by atoms with van der Waals surface area (Å²) in [6.45, 7) is 3.73. The first-order chi connectivity index (χ1) is 7.33. The maximum atomic E-state index is 10.2. The molecule has 0 amide bonds. The smallest absolute Gasteiger partial charge is 0.0821 e. The molecule has 15 heavy (non-hydrogen) atoms. The molecule has 2 rings (SSSR count). The molecule has 0 heterocycles. The fourth-order valence-electron chi connectivity index (χ4n) is 2.44. The van der Waals surface area contributed by atoms with Crippen molar-refractivity contribution in [2.75, 3.05) is 0 Å². The maximum absolute atomic E-state index is 10.2. The summed E-state index contributed by atoms with van der Waals surface area (Å²) in [7, 11) is 0. The molecule has 2 unspecified atom stereocenters. The van der Waals surface area contributed by atoms with Gasteiger partial charge < -0.3 is 5.11 Å². The number of hydrogen-bond donors (Lipinski definition) is 1. The van der Waals surface area contributed by atoms with Gasteiger partial charge in [-0.15, -0.1) is 6.58 Å². The van der Waals surface area contributed by atoms with Crippen LogP contribution in [-0.2, 0) is 6.42 Å². The van der Waals surface area contributed by atoms with E-state index in [-0.39, 0.29) is 6.10 Å². The fraction of sp³-hybridized carbons (Fsp3) is 0.429. The Hall–Kier alpha value is -1.08. The van der Waals surface area contributed by atoms with Gasteiger partial charge in [-0.25, -0.2) is 0 Å². The van der Waals surface area contributed by atoms with Crippen molar-refractivity contribution < 1.29 is 5.11 Å². The van der Waals surface area contributed by atoms with Gasteiger partial charge in [0.15, 0.2) is 0 Å². The molecule has 0 radical (unpaired) electrons. The standard InChI is InChI=1S/C14H18O/c1-2-3-6-12-10-9-11-7-4-5-8-13(11)14(12)15/h2,4-5,7-8,12,14-15H,1,3,6,9-10H2. The Morgan fingerprint density at radius 1 is 1.40 bits per heavy atom. The van der Waals surface area contributed by atoms with Crippen LogP contribution in [-0.4, -0.2) is 5.11 Å². The number of rotatable bonds is 3. The molecule has 1 nitrogen and oxygen atoms in total. The first-order valence-corrected chi connectivity index (χ1v) is 5.69. The van der Waals surface area contributed by atoms with Gasteiger partial charge in [0.25, 0.3) is 0 Å². The lowest BCUT2D eigenvalue weighted by atomic mass is 9.79. The first-order valence-electron chi connectivity index (χ1n) is 5.69. The van der Waals surface area contributed by atoms with Crippen LogP contribution in [0.3, 0.4) is 0 Å². The summed E-state index contributed by atoms with van der Waals surface area (Å²) in [6, 6.07) is 8.25. The molecule has 0 saturated carbocycles. The van der Waals surface area contributed by atoms with Gasteiger partial charge in [0, 0.05) is 0 Å². The van der Waals surface area contributed by atoms with Gasteiger partial charge in [-0.05, 0) is 42.7 Å². The largest absolute Gasteiger partial charge is 0.388 e. The summed E-state index contributed by atoms with van der Waals surface area (Å²) in [6.07, 6.45) is 5.94. The quantitative estimate of drug-likeness (QED) is 0.746. The van der Waals surface area contributed by atoms with Gasteiger partial charge in [-0.1, -0.05) is 30.3 Å². The summed E-state index contributed by atoms with van der Waals surface area (Å²) >= 11 is 0. The van der Waals surface area contributed by atoms with Crippen LogP contribution in [0.4, 0.5) is 0 Å². The van der Waals surface area contributed by atoms with E-state index in [9.17, 15) is 5.11 Å². The van der Waals surface area contributed by atoms with Crippen LogP contribution >= 0.6 is 0 Å². The Morgan fingerprint density at radius 2 is 2.20 bits per heavy atom. The van der Waals surface area contributed by atoms with E-state index in [1.807, 2.05) is 12.1 Å². The third-order valence-electron chi connectivity index (χ3n) is 3.35. The third-order valence-corrected chi connectivity index (χ3v) is 3.35. The predicted molar refractivity (Wildman–Crippen MR) is 62.6 cm³/mol. The molecule has 0 saturated heterocycles. The van der Waals surface area contributed by atoms with Crippen molar-refractivity contribution >= 4 is 0 Å². The van der Waals surface area contributed by atoms with Crippen molar-refractivity contribution in [2.45, 2.75) is 31.8 Å². The van der Waals surface area contributed by atoms with Crippen LogP contribution in [0, 0.1) is 5.92 Å². The summed E-state index contributed by atoms with van der Waals surface area (Å²) in [5.74, 6) is 0.415. The van der Waals surface area contributed by atoms with Crippen molar-refractivity contribution in [3.05, 3.63) is 48.0 Å². The van der Waals surface area contributed by atoms with E-state index in [0.717, 1.165) is 31.2 Å². The van der Waals surface area contributed by atoms with E-state index in [4.69, 9.17) is 0 Å². The van der Waals surface area contributed by atoms with E-state index in [0.29, 0.717) is 5.92 Å². The van der Waals surface area contributed by atoms with Gasteiger partial charge in [-0.3, -0.25) is 0 Å². The average molecular weight is 202 g/mol. The molecule has 0 fully saturated rings. The van der Waals surface area contributed by atoms with Crippen molar-refractivity contribution in [1.82, 2.24) is 0 Å². The maximum Gasteiger partial charge on any atom is 0.0821 e. The van der Waals surface area contributed by atoms with Crippen LogP contribution in [0.1, 0.15) is 36.5 Å². The SMILES string of the molecule is C=CCCC1CCc2ccccc2C1O. The zero-order valence-corrected chi connectivity index (χ0v) is 9.02. The number of fused-ring (bicyclic) bond motifs is 1. The van der Waals surface area contributed by atoms with Crippen molar-refractivity contribution in [3.63, 3.8) is 0 Å². The molecular weight excluding hydrogens is 184 g/mol. The van der Waals surface area contributed by atoms with E-state index < -0.39 is 0 Å². The van der Waals surface area contributed by atoms with Crippen molar-refractivity contribution in [1.29, 1.82) is 0 Å². The summed E-state index contributed by atoms with van der Waals surface area (Å²) in [4.78, 5) is 0. The molecule has 0 spiro atoms.